The van der Waals surface area contributed by atoms with Gasteiger partial charge >= 0.3 is 0 Å². The fourth-order valence-electron chi connectivity index (χ4n) is 3.90. The van der Waals surface area contributed by atoms with Crippen molar-refractivity contribution in [3.8, 4) is 0 Å². The highest BCUT2D eigenvalue weighted by molar-refractivity contribution is 5.27. The molecule has 4 heteroatoms. The van der Waals surface area contributed by atoms with Crippen LogP contribution < -0.4 is 5.32 Å². The highest BCUT2D eigenvalue weighted by Crippen LogP contribution is 2.41. The summed E-state index contributed by atoms with van der Waals surface area (Å²) < 4.78 is 11.7. The third-order valence-corrected chi connectivity index (χ3v) is 5.04. The van der Waals surface area contributed by atoms with E-state index in [9.17, 15) is 0 Å². The normalized spacial score (nSPS) is 30.7. The molecular weight excluding hydrogens is 264 g/mol. The highest BCUT2D eigenvalue weighted by atomic mass is 16.6. The molecule has 0 radical (unpaired) electrons. The summed E-state index contributed by atoms with van der Waals surface area (Å²) in [7, 11) is 2.07. The molecule has 21 heavy (non-hydrogen) atoms. The number of hydrogen-bond acceptors (Lipinski definition) is 4. The number of nitrogens with zero attached hydrogens (tertiary/aromatic N) is 1. The van der Waals surface area contributed by atoms with Crippen molar-refractivity contribution in [2.24, 2.45) is 5.92 Å². The van der Waals surface area contributed by atoms with Gasteiger partial charge in [0.05, 0.1) is 12.2 Å². The van der Waals surface area contributed by atoms with Crippen LogP contribution in [0.2, 0.25) is 0 Å². The fraction of sp³-hybridized carbons (Fsp3) is 0.706. The van der Waals surface area contributed by atoms with Crippen LogP contribution in [-0.2, 0) is 15.9 Å². The minimum Gasteiger partial charge on any atom is -0.378 e. The van der Waals surface area contributed by atoms with Gasteiger partial charge in [-0.15, -0.1) is 0 Å². The quantitative estimate of drug-likeness (QED) is 0.925. The summed E-state index contributed by atoms with van der Waals surface area (Å²) in [5.74, 6) is 0.596. The lowest BCUT2D eigenvalue weighted by molar-refractivity contribution is -0.103. The highest BCUT2D eigenvalue weighted by Gasteiger charge is 2.43. The minimum absolute atomic E-state index is 0.0303. The average Bonchev–Trinajstić information content (AvgIpc) is 2.96. The SMILES string of the molecule is CCc1cnccc1C(NC)C1CCOC2(CCOC2)C1. The first-order valence-electron chi connectivity index (χ1n) is 8.10. The van der Waals surface area contributed by atoms with Crippen LogP contribution in [0, 0.1) is 5.92 Å². The van der Waals surface area contributed by atoms with Crippen LogP contribution in [0.1, 0.15) is 43.4 Å². The van der Waals surface area contributed by atoms with Crippen LogP contribution in [0.3, 0.4) is 0 Å². The predicted molar refractivity (Wildman–Crippen MR) is 82.3 cm³/mol. The molecule has 116 valence electrons. The summed E-state index contributed by atoms with van der Waals surface area (Å²) in [6.45, 7) is 4.64. The van der Waals surface area contributed by atoms with E-state index in [1.165, 1.54) is 11.1 Å². The molecule has 3 atom stereocenters. The molecule has 0 saturated carbocycles. The van der Waals surface area contributed by atoms with Crippen LogP contribution in [0.4, 0.5) is 0 Å². The average molecular weight is 290 g/mol. The van der Waals surface area contributed by atoms with Crippen molar-refractivity contribution in [3.63, 3.8) is 0 Å². The summed E-state index contributed by atoms with van der Waals surface area (Å²) in [5.41, 5.74) is 2.72. The first-order valence-corrected chi connectivity index (χ1v) is 8.10. The molecule has 2 aliphatic heterocycles. The number of pyridine rings is 1. The summed E-state index contributed by atoms with van der Waals surface area (Å²) in [6.07, 6.45) is 8.18. The third-order valence-electron chi connectivity index (χ3n) is 5.04. The standard InChI is InChI=1S/C17H26N2O2/c1-3-13-11-19-7-4-15(13)16(18-2)14-5-8-21-17(10-14)6-9-20-12-17/h4,7,11,14,16,18H,3,5-6,8-10,12H2,1-2H3. The molecule has 3 heterocycles. The van der Waals surface area contributed by atoms with E-state index in [4.69, 9.17) is 9.47 Å². The van der Waals surface area contributed by atoms with E-state index in [0.29, 0.717) is 12.0 Å². The lowest BCUT2D eigenvalue weighted by Gasteiger charge is -2.40. The predicted octanol–water partition coefficient (Wildman–Crippen LogP) is 2.49. The van der Waals surface area contributed by atoms with Crippen molar-refractivity contribution in [1.82, 2.24) is 10.3 Å². The molecule has 2 aliphatic rings. The van der Waals surface area contributed by atoms with Gasteiger partial charge in [-0.25, -0.2) is 0 Å². The van der Waals surface area contributed by atoms with Gasteiger partial charge < -0.3 is 14.8 Å². The van der Waals surface area contributed by atoms with E-state index in [-0.39, 0.29) is 5.60 Å². The lowest BCUT2D eigenvalue weighted by Crippen LogP contribution is -2.43. The van der Waals surface area contributed by atoms with E-state index >= 15 is 0 Å². The van der Waals surface area contributed by atoms with Crippen molar-refractivity contribution in [2.45, 2.75) is 44.2 Å². The molecule has 0 amide bonds. The van der Waals surface area contributed by atoms with E-state index < -0.39 is 0 Å². The van der Waals surface area contributed by atoms with E-state index in [1.54, 1.807) is 0 Å². The zero-order valence-corrected chi connectivity index (χ0v) is 13.1. The molecule has 1 N–H and O–H groups in total. The van der Waals surface area contributed by atoms with Gasteiger partial charge in [0.25, 0.3) is 0 Å². The Balaban J connectivity index is 1.82. The molecule has 3 rings (SSSR count). The lowest BCUT2D eigenvalue weighted by atomic mass is 9.78. The second-order valence-corrected chi connectivity index (χ2v) is 6.28. The number of ether oxygens (including phenoxy) is 2. The van der Waals surface area contributed by atoms with Crippen molar-refractivity contribution >= 4 is 0 Å². The second kappa shape index (κ2) is 6.42. The van der Waals surface area contributed by atoms with Gasteiger partial charge in [0.1, 0.15) is 0 Å². The Hall–Kier alpha value is -0.970. The van der Waals surface area contributed by atoms with Crippen molar-refractivity contribution in [3.05, 3.63) is 29.6 Å². The van der Waals surface area contributed by atoms with E-state index in [0.717, 1.165) is 45.5 Å². The van der Waals surface area contributed by atoms with Gasteiger partial charge in [-0.1, -0.05) is 6.92 Å². The van der Waals surface area contributed by atoms with Crippen LogP contribution in [0.25, 0.3) is 0 Å². The van der Waals surface area contributed by atoms with Crippen LogP contribution in [0.5, 0.6) is 0 Å². The molecule has 0 aromatic carbocycles. The maximum atomic E-state index is 6.08. The van der Waals surface area contributed by atoms with Crippen molar-refractivity contribution in [2.75, 3.05) is 26.9 Å². The van der Waals surface area contributed by atoms with Gasteiger partial charge in [-0.05, 0) is 49.4 Å². The minimum atomic E-state index is -0.0303. The molecule has 1 aromatic rings. The zero-order chi connectivity index (χ0) is 14.7. The van der Waals surface area contributed by atoms with E-state index in [1.807, 2.05) is 12.4 Å². The Bertz CT molecular complexity index is 472. The van der Waals surface area contributed by atoms with Gasteiger partial charge in [0, 0.05) is 38.1 Å². The monoisotopic (exact) mass is 290 g/mol. The summed E-state index contributed by atoms with van der Waals surface area (Å²) in [5, 5.41) is 3.54. The fourth-order valence-corrected chi connectivity index (χ4v) is 3.90. The Labute approximate surface area is 127 Å². The summed E-state index contributed by atoms with van der Waals surface area (Å²) in [4.78, 5) is 4.28. The first-order chi connectivity index (χ1) is 10.3. The van der Waals surface area contributed by atoms with Gasteiger partial charge in [-0.2, -0.15) is 0 Å². The Morgan fingerprint density at radius 2 is 2.38 bits per heavy atom. The number of nitrogens with one attached hydrogen (secondary N) is 1. The Morgan fingerprint density at radius 3 is 3.10 bits per heavy atom. The topological polar surface area (TPSA) is 43.4 Å². The van der Waals surface area contributed by atoms with Crippen molar-refractivity contribution in [1.29, 1.82) is 0 Å². The van der Waals surface area contributed by atoms with Gasteiger partial charge in [0.2, 0.25) is 0 Å². The molecule has 1 spiro atoms. The summed E-state index contributed by atoms with van der Waals surface area (Å²) in [6, 6.07) is 2.55. The summed E-state index contributed by atoms with van der Waals surface area (Å²) >= 11 is 0. The maximum Gasteiger partial charge on any atom is 0.0940 e. The van der Waals surface area contributed by atoms with E-state index in [2.05, 4.69) is 30.3 Å². The third kappa shape index (κ3) is 2.98. The molecule has 0 bridgehead atoms. The maximum absolute atomic E-state index is 6.08. The number of aromatic nitrogens is 1. The number of hydrogen-bond donors (Lipinski definition) is 1. The number of rotatable bonds is 4. The Morgan fingerprint density at radius 1 is 1.48 bits per heavy atom. The molecule has 2 saturated heterocycles. The zero-order valence-electron chi connectivity index (χ0n) is 13.1. The molecular formula is C17H26N2O2. The van der Waals surface area contributed by atoms with Crippen LogP contribution >= 0.6 is 0 Å². The largest absolute Gasteiger partial charge is 0.378 e. The van der Waals surface area contributed by atoms with Crippen LogP contribution in [-0.4, -0.2) is 37.5 Å². The van der Waals surface area contributed by atoms with Crippen LogP contribution in [0.15, 0.2) is 18.5 Å². The molecule has 3 unspecified atom stereocenters. The van der Waals surface area contributed by atoms with Gasteiger partial charge in [-0.3, -0.25) is 4.98 Å². The Kier molecular flexibility index (Phi) is 4.57. The molecule has 1 aromatic heterocycles. The molecule has 0 aliphatic carbocycles. The first kappa shape index (κ1) is 14.9. The van der Waals surface area contributed by atoms with Crippen molar-refractivity contribution < 1.29 is 9.47 Å². The molecule has 4 nitrogen and oxygen atoms in total. The second-order valence-electron chi connectivity index (χ2n) is 6.28. The number of aryl methyl sites for hydroxylation is 1. The smallest absolute Gasteiger partial charge is 0.0940 e. The van der Waals surface area contributed by atoms with Gasteiger partial charge in [0.15, 0.2) is 0 Å². The molecule has 2 fully saturated rings.